The van der Waals surface area contributed by atoms with Crippen LogP contribution < -0.4 is 4.74 Å². The Morgan fingerprint density at radius 2 is 1.59 bits per heavy atom. The summed E-state index contributed by atoms with van der Waals surface area (Å²) >= 11 is 6.13. The lowest BCUT2D eigenvalue weighted by Crippen LogP contribution is -2.30. The van der Waals surface area contributed by atoms with Gasteiger partial charge in [-0.2, -0.15) is 0 Å². The van der Waals surface area contributed by atoms with E-state index in [0.717, 1.165) is 33.2 Å². The predicted octanol–water partition coefficient (Wildman–Crippen LogP) is 6.58. The van der Waals surface area contributed by atoms with Crippen LogP contribution >= 0.6 is 11.6 Å². The van der Waals surface area contributed by atoms with Crippen molar-refractivity contribution >= 4 is 28.2 Å². The fourth-order valence-corrected chi connectivity index (χ4v) is 4.28. The lowest BCUT2D eigenvalue weighted by molar-refractivity contribution is 0.0807. The summed E-state index contributed by atoms with van der Waals surface area (Å²) in [7, 11) is 0. The van der Waals surface area contributed by atoms with E-state index in [-0.39, 0.29) is 11.7 Å². The van der Waals surface area contributed by atoms with Crippen LogP contribution in [-0.2, 0) is 0 Å². The Hall–Kier alpha value is -3.10. The Morgan fingerprint density at radius 1 is 0.862 bits per heavy atom. The molecule has 1 aliphatic heterocycles. The van der Waals surface area contributed by atoms with E-state index in [4.69, 9.17) is 16.3 Å². The molecule has 0 amide bonds. The average Bonchev–Trinajstić information content (AvgIpc) is 3.14. The number of benzene rings is 4. The molecule has 1 aliphatic rings. The molecular weight excluding hydrogens is 380 g/mol. The van der Waals surface area contributed by atoms with E-state index < -0.39 is 6.10 Å². The van der Waals surface area contributed by atoms with Gasteiger partial charge in [0.05, 0.1) is 5.92 Å². The minimum absolute atomic E-state index is 0.00905. The number of fused-ring (bicyclic) bond motifs is 3. The number of halogens is 1. The smallest absolute Gasteiger partial charge is 0.204 e. The van der Waals surface area contributed by atoms with Crippen LogP contribution in [-0.4, -0.2) is 11.9 Å². The summed E-state index contributed by atoms with van der Waals surface area (Å²) in [6.07, 6.45) is -0.611. The normalized spacial score (nSPS) is 17.7. The zero-order valence-electron chi connectivity index (χ0n) is 15.9. The lowest BCUT2D eigenvalue weighted by atomic mass is 9.83. The Labute approximate surface area is 174 Å². The van der Waals surface area contributed by atoms with Crippen LogP contribution in [0.4, 0.5) is 0 Å². The molecule has 2 atom stereocenters. The zero-order valence-corrected chi connectivity index (χ0v) is 16.7. The second-order valence-corrected chi connectivity index (χ2v) is 7.93. The van der Waals surface area contributed by atoms with Gasteiger partial charge in [-0.15, -0.1) is 0 Å². The van der Waals surface area contributed by atoms with Gasteiger partial charge in [0.25, 0.3) is 0 Å². The number of hydrogen-bond acceptors (Lipinski definition) is 2. The van der Waals surface area contributed by atoms with E-state index in [9.17, 15) is 4.79 Å². The van der Waals surface area contributed by atoms with Crippen LogP contribution in [0.25, 0.3) is 10.8 Å². The molecule has 4 aromatic rings. The van der Waals surface area contributed by atoms with Gasteiger partial charge in [0.2, 0.25) is 5.78 Å². The van der Waals surface area contributed by atoms with Crippen LogP contribution in [0.1, 0.15) is 33.0 Å². The molecule has 1 heterocycles. The largest absolute Gasteiger partial charge is 0.481 e. The van der Waals surface area contributed by atoms with E-state index in [0.29, 0.717) is 10.6 Å². The number of carbonyl (C=O) groups excluding carboxylic acids is 1. The van der Waals surface area contributed by atoms with E-state index >= 15 is 0 Å². The molecule has 2 unspecified atom stereocenters. The highest BCUT2D eigenvalue weighted by Gasteiger charge is 2.41. The minimum Gasteiger partial charge on any atom is -0.481 e. The number of ketones is 1. The van der Waals surface area contributed by atoms with Crippen molar-refractivity contribution < 1.29 is 9.53 Å². The van der Waals surface area contributed by atoms with Gasteiger partial charge in [-0.05, 0) is 41.5 Å². The van der Waals surface area contributed by atoms with Crippen LogP contribution in [0.5, 0.6) is 5.75 Å². The monoisotopic (exact) mass is 398 g/mol. The molecule has 4 aromatic carbocycles. The molecule has 5 rings (SSSR count). The summed E-state index contributed by atoms with van der Waals surface area (Å²) in [4.78, 5) is 13.5. The van der Waals surface area contributed by atoms with Gasteiger partial charge in [0, 0.05) is 16.1 Å². The fourth-order valence-electron chi connectivity index (χ4n) is 4.15. The van der Waals surface area contributed by atoms with Gasteiger partial charge in [0.15, 0.2) is 6.10 Å². The number of ether oxygens (including phenoxy) is 1. The van der Waals surface area contributed by atoms with E-state index in [1.807, 2.05) is 79.7 Å². The highest BCUT2D eigenvalue weighted by atomic mass is 35.5. The molecule has 0 N–H and O–H groups in total. The minimum atomic E-state index is -0.611. The number of rotatable bonds is 3. The van der Waals surface area contributed by atoms with E-state index in [1.165, 1.54) is 0 Å². The van der Waals surface area contributed by atoms with E-state index in [2.05, 4.69) is 12.1 Å². The Bertz CT molecular complexity index is 1210. The molecule has 0 saturated heterocycles. The van der Waals surface area contributed by atoms with Gasteiger partial charge >= 0.3 is 0 Å². The quantitative estimate of drug-likeness (QED) is 0.364. The molecule has 3 heteroatoms. The first-order valence-corrected chi connectivity index (χ1v) is 10.0. The molecular formula is C26H19ClO2. The summed E-state index contributed by atoms with van der Waals surface area (Å²) in [5.74, 6) is 0.571. The summed E-state index contributed by atoms with van der Waals surface area (Å²) in [5.41, 5.74) is 3.87. The van der Waals surface area contributed by atoms with Crippen LogP contribution in [0.15, 0.2) is 84.9 Å². The molecule has 0 spiro atoms. The average molecular weight is 399 g/mol. The van der Waals surface area contributed by atoms with Crippen molar-refractivity contribution in [2.45, 2.75) is 18.9 Å². The van der Waals surface area contributed by atoms with Crippen molar-refractivity contribution in [2.24, 2.45) is 0 Å². The summed E-state index contributed by atoms with van der Waals surface area (Å²) in [6, 6.07) is 27.6. The topological polar surface area (TPSA) is 26.3 Å². The van der Waals surface area contributed by atoms with Crippen molar-refractivity contribution in [3.8, 4) is 5.75 Å². The molecule has 0 saturated carbocycles. The molecule has 0 aliphatic carbocycles. The van der Waals surface area contributed by atoms with Gasteiger partial charge in [-0.3, -0.25) is 4.79 Å². The maximum Gasteiger partial charge on any atom is 0.204 e. The summed E-state index contributed by atoms with van der Waals surface area (Å²) < 4.78 is 6.28. The van der Waals surface area contributed by atoms with Crippen molar-refractivity contribution in [2.75, 3.05) is 0 Å². The third-order valence-electron chi connectivity index (χ3n) is 5.62. The molecule has 0 aromatic heterocycles. The van der Waals surface area contributed by atoms with Crippen molar-refractivity contribution in [3.05, 3.63) is 112 Å². The van der Waals surface area contributed by atoms with Crippen LogP contribution in [0.3, 0.4) is 0 Å². The highest BCUT2D eigenvalue weighted by Crippen LogP contribution is 2.47. The van der Waals surface area contributed by atoms with Gasteiger partial charge in [-0.1, -0.05) is 83.9 Å². The van der Waals surface area contributed by atoms with Gasteiger partial charge in [-0.25, -0.2) is 0 Å². The highest BCUT2D eigenvalue weighted by molar-refractivity contribution is 6.30. The molecule has 0 radical (unpaired) electrons. The molecule has 29 heavy (non-hydrogen) atoms. The molecule has 0 fully saturated rings. The Morgan fingerprint density at radius 3 is 2.34 bits per heavy atom. The predicted molar refractivity (Wildman–Crippen MR) is 117 cm³/mol. The first kappa shape index (κ1) is 18.0. The number of aryl methyl sites for hydroxylation is 1. The molecule has 2 nitrogen and oxygen atoms in total. The van der Waals surface area contributed by atoms with Crippen molar-refractivity contribution in [3.63, 3.8) is 0 Å². The Balaban J connectivity index is 1.68. The number of carbonyl (C=O) groups is 1. The maximum atomic E-state index is 13.5. The third-order valence-corrected chi connectivity index (χ3v) is 5.87. The number of Topliss-reactive ketones (excluding diaryl/α,β-unsaturated/α-hetero) is 1. The first-order chi connectivity index (χ1) is 14.1. The first-order valence-electron chi connectivity index (χ1n) is 9.66. The van der Waals surface area contributed by atoms with Crippen molar-refractivity contribution in [1.82, 2.24) is 0 Å². The number of hydrogen-bond donors (Lipinski definition) is 0. The van der Waals surface area contributed by atoms with Gasteiger partial charge < -0.3 is 4.74 Å². The maximum absolute atomic E-state index is 13.5. The van der Waals surface area contributed by atoms with Gasteiger partial charge in [0.1, 0.15) is 5.75 Å². The molecule has 142 valence electrons. The summed E-state index contributed by atoms with van der Waals surface area (Å²) in [5, 5.41) is 2.92. The third kappa shape index (κ3) is 3.10. The second kappa shape index (κ2) is 7.06. The summed E-state index contributed by atoms with van der Waals surface area (Å²) in [6.45, 7) is 2.01. The van der Waals surface area contributed by atoms with E-state index in [1.54, 1.807) is 0 Å². The Kier molecular flexibility index (Phi) is 4.37. The SMILES string of the molecule is Cc1ccc(C(=O)C2Oc3ccc4ccccc4c3C2c2ccc(Cl)cc2)cc1. The fraction of sp³-hybridized carbons (Fsp3) is 0.115. The second-order valence-electron chi connectivity index (χ2n) is 7.50. The van der Waals surface area contributed by atoms with Crippen LogP contribution in [0.2, 0.25) is 5.02 Å². The molecule has 0 bridgehead atoms. The van der Waals surface area contributed by atoms with Crippen LogP contribution in [0, 0.1) is 6.92 Å². The lowest BCUT2D eigenvalue weighted by Gasteiger charge is -2.19. The zero-order chi connectivity index (χ0) is 20.0. The standard InChI is InChI=1S/C26H19ClO2/c1-16-6-8-19(9-7-16)25(28)26-23(18-10-13-20(27)14-11-18)24-21-5-3-2-4-17(21)12-15-22(24)29-26/h2-15,23,26H,1H3. The van der Waals surface area contributed by atoms with Crippen molar-refractivity contribution in [1.29, 1.82) is 0 Å².